The Morgan fingerprint density at radius 1 is 1.41 bits per heavy atom. The van der Waals surface area contributed by atoms with E-state index in [1.54, 1.807) is 0 Å². The number of ether oxygens (including phenoxy) is 1. The van der Waals surface area contributed by atoms with E-state index in [2.05, 4.69) is 32.0 Å². The number of aliphatic hydroxyl groups excluding tert-OH is 1. The topological polar surface area (TPSA) is 29.5 Å². The third-order valence-corrected chi connectivity index (χ3v) is 3.67. The van der Waals surface area contributed by atoms with Crippen molar-refractivity contribution >= 4 is 0 Å². The molecule has 0 radical (unpaired) electrons. The first-order valence-corrected chi connectivity index (χ1v) is 6.49. The van der Waals surface area contributed by atoms with Crippen molar-refractivity contribution in [2.24, 2.45) is 5.92 Å². The molecule has 0 aliphatic carbocycles. The van der Waals surface area contributed by atoms with Crippen LogP contribution in [0.4, 0.5) is 0 Å². The fraction of sp³-hybridized carbons (Fsp3) is 0.600. The van der Waals surface area contributed by atoms with Gasteiger partial charge in [-0.3, -0.25) is 0 Å². The van der Waals surface area contributed by atoms with Crippen LogP contribution in [0.3, 0.4) is 0 Å². The van der Waals surface area contributed by atoms with E-state index in [1.807, 2.05) is 0 Å². The van der Waals surface area contributed by atoms with E-state index < -0.39 is 0 Å². The van der Waals surface area contributed by atoms with Crippen molar-refractivity contribution in [3.05, 3.63) is 34.9 Å². The zero-order valence-electron chi connectivity index (χ0n) is 10.8. The number of hydrogen-bond acceptors (Lipinski definition) is 2. The third-order valence-electron chi connectivity index (χ3n) is 3.67. The summed E-state index contributed by atoms with van der Waals surface area (Å²) in [5.41, 5.74) is 3.80. The van der Waals surface area contributed by atoms with Gasteiger partial charge in [0.2, 0.25) is 0 Å². The smallest absolute Gasteiger partial charge is 0.0630 e. The predicted molar refractivity (Wildman–Crippen MR) is 69.2 cm³/mol. The molecule has 0 aromatic heterocycles. The Bertz CT molecular complexity index is 367. The molecule has 2 rings (SSSR count). The molecule has 1 aliphatic heterocycles. The molecule has 0 bridgehead atoms. The maximum atomic E-state index is 10.3. The van der Waals surface area contributed by atoms with Crippen molar-refractivity contribution in [2.45, 2.75) is 39.2 Å². The van der Waals surface area contributed by atoms with Crippen LogP contribution in [-0.2, 0) is 11.2 Å². The van der Waals surface area contributed by atoms with Gasteiger partial charge in [0.1, 0.15) is 0 Å². The van der Waals surface area contributed by atoms with Crippen molar-refractivity contribution in [3.63, 3.8) is 0 Å². The van der Waals surface area contributed by atoms with Gasteiger partial charge in [0.05, 0.1) is 12.7 Å². The molecule has 0 saturated carbocycles. The van der Waals surface area contributed by atoms with E-state index in [0.29, 0.717) is 12.5 Å². The van der Waals surface area contributed by atoms with E-state index in [-0.39, 0.29) is 6.10 Å². The van der Waals surface area contributed by atoms with E-state index in [1.165, 1.54) is 16.7 Å². The summed E-state index contributed by atoms with van der Waals surface area (Å²) < 4.78 is 5.43. The molecule has 17 heavy (non-hydrogen) atoms. The summed E-state index contributed by atoms with van der Waals surface area (Å²) >= 11 is 0. The largest absolute Gasteiger partial charge is 0.392 e. The highest BCUT2D eigenvalue weighted by Gasteiger charge is 2.22. The molecule has 1 N–H and O–H groups in total. The summed E-state index contributed by atoms with van der Waals surface area (Å²) in [5.74, 6) is 0.309. The van der Waals surface area contributed by atoms with Crippen LogP contribution in [0, 0.1) is 19.8 Å². The molecule has 1 aliphatic rings. The molecule has 1 saturated heterocycles. The minimum absolute atomic E-state index is 0.268. The van der Waals surface area contributed by atoms with Gasteiger partial charge in [-0.05, 0) is 44.2 Å². The van der Waals surface area contributed by atoms with Crippen LogP contribution in [0.2, 0.25) is 0 Å². The average molecular weight is 234 g/mol. The Morgan fingerprint density at radius 3 is 2.94 bits per heavy atom. The summed E-state index contributed by atoms with van der Waals surface area (Å²) in [6.07, 6.45) is 2.65. The summed E-state index contributed by atoms with van der Waals surface area (Å²) in [6, 6.07) is 6.44. The van der Waals surface area contributed by atoms with Crippen LogP contribution in [-0.4, -0.2) is 24.4 Å². The van der Waals surface area contributed by atoms with Crippen LogP contribution in [0.25, 0.3) is 0 Å². The van der Waals surface area contributed by atoms with Gasteiger partial charge in [0.15, 0.2) is 0 Å². The van der Waals surface area contributed by atoms with E-state index >= 15 is 0 Å². The lowest BCUT2D eigenvalue weighted by Gasteiger charge is -2.27. The van der Waals surface area contributed by atoms with Gasteiger partial charge in [-0.1, -0.05) is 23.8 Å². The summed E-state index contributed by atoms with van der Waals surface area (Å²) in [5, 5.41) is 10.3. The molecule has 0 amide bonds. The molecule has 1 aromatic rings. The van der Waals surface area contributed by atoms with Gasteiger partial charge in [0.25, 0.3) is 0 Å². The lowest BCUT2D eigenvalue weighted by Crippen LogP contribution is -2.30. The molecular weight excluding hydrogens is 212 g/mol. The number of benzene rings is 1. The minimum Gasteiger partial charge on any atom is -0.392 e. The second-order valence-electron chi connectivity index (χ2n) is 5.18. The Balaban J connectivity index is 2.01. The lowest BCUT2D eigenvalue weighted by atomic mass is 9.90. The van der Waals surface area contributed by atoms with Gasteiger partial charge >= 0.3 is 0 Å². The minimum atomic E-state index is -0.268. The standard InChI is InChI=1S/C15H22O2/c1-11-5-6-12(2)14(8-11)9-15(16)13-4-3-7-17-10-13/h5-6,8,13,15-16H,3-4,7,9-10H2,1-2H3. The molecule has 2 nitrogen and oxygen atoms in total. The van der Waals surface area contributed by atoms with Gasteiger partial charge in [-0.15, -0.1) is 0 Å². The number of aliphatic hydroxyl groups is 1. The SMILES string of the molecule is Cc1ccc(C)c(CC(O)C2CCCOC2)c1. The van der Waals surface area contributed by atoms with Crippen LogP contribution in [0.15, 0.2) is 18.2 Å². The Hall–Kier alpha value is -0.860. The van der Waals surface area contributed by atoms with E-state index in [4.69, 9.17) is 4.74 Å². The first-order chi connectivity index (χ1) is 8.16. The maximum Gasteiger partial charge on any atom is 0.0630 e. The molecular formula is C15H22O2. The summed E-state index contributed by atoms with van der Waals surface area (Å²) in [7, 11) is 0. The van der Waals surface area contributed by atoms with Crippen molar-refractivity contribution in [3.8, 4) is 0 Å². The first-order valence-electron chi connectivity index (χ1n) is 6.49. The van der Waals surface area contributed by atoms with Crippen molar-refractivity contribution in [2.75, 3.05) is 13.2 Å². The second kappa shape index (κ2) is 5.65. The van der Waals surface area contributed by atoms with Crippen molar-refractivity contribution < 1.29 is 9.84 Å². The first kappa shape index (κ1) is 12.6. The second-order valence-corrected chi connectivity index (χ2v) is 5.18. The fourth-order valence-electron chi connectivity index (χ4n) is 2.48. The highest BCUT2D eigenvalue weighted by atomic mass is 16.5. The summed E-state index contributed by atoms with van der Waals surface area (Å²) in [6.45, 7) is 5.77. The summed E-state index contributed by atoms with van der Waals surface area (Å²) in [4.78, 5) is 0. The fourth-order valence-corrected chi connectivity index (χ4v) is 2.48. The molecule has 1 aromatic carbocycles. The van der Waals surface area contributed by atoms with Gasteiger partial charge in [0, 0.05) is 12.5 Å². The number of rotatable bonds is 3. The highest BCUT2D eigenvalue weighted by molar-refractivity contribution is 5.31. The van der Waals surface area contributed by atoms with Crippen molar-refractivity contribution in [1.82, 2.24) is 0 Å². The zero-order chi connectivity index (χ0) is 12.3. The normalized spacial score (nSPS) is 22.4. The molecule has 94 valence electrons. The molecule has 2 unspecified atom stereocenters. The van der Waals surface area contributed by atoms with Crippen LogP contribution in [0.5, 0.6) is 0 Å². The van der Waals surface area contributed by atoms with Crippen molar-refractivity contribution in [1.29, 1.82) is 0 Å². The Morgan fingerprint density at radius 2 is 2.24 bits per heavy atom. The molecule has 2 atom stereocenters. The molecule has 1 fully saturated rings. The highest BCUT2D eigenvalue weighted by Crippen LogP contribution is 2.22. The van der Waals surface area contributed by atoms with E-state index in [0.717, 1.165) is 25.9 Å². The van der Waals surface area contributed by atoms with Gasteiger partial charge < -0.3 is 9.84 Å². The Labute approximate surface area is 104 Å². The van der Waals surface area contributed by atoms with Crippen LogP contribution < -0.4 is 0 Å². The molecule has 2 heteroatoms. The average Bonchev–Trinajstić information content (AvgIpc) is 2.35. The molecule has 1 heterocycles. The van der Waals surface area contributed by atoms with Gasteiger partial charge in [-0.25, -0.2) is 0 Å². The monoisotopic (exact) mass is 234 g/mol. The zero-order valence-corrected chi connectivity index (χ0v) is 10.8. The van der Waals surface area contributed by atoms with Crippen LogP contribution >= 0.6 is 0 Å². The Kier molecular flexibility index (Phi) is 4.19. The van der Waals surface area contributed by atoms with Gasteiger partial charge in [-0.2, -0.15) is 0 Å². The molecule has 0 spiro atoms. The lowest BCUT2D eigenvalue weighted by molar-refractivity contribution is -0.00852. The van der Waals surface area contributed by atoms with E-state index in [9.17, 15) is 5.11 Å². The third kappa shape index (κ3) is 3.30. The number of aryl methyl sites for hydroxylation is 2. The maximum absolute atomic E-state index is 10.3. The quantitative estimate of drug-likeness (QED) is 0.871. The van der Waals surface area contributed by atoms with Crippen LogP contribution in [0.1, 0.15) is 29.5 Å². The predicted octanol–water partition coefficient (Wildman–Crippen LogP) is 2.63. The number of hydrogen-bond donors (Lipinski definition) is 1.